The van der Waals surface area contributed by atoms with E-state index < -0.39 is 0 Å². The summed E-state index contributed by atoms with van der Waals surface area (Å²) < 4.78 is 6.13. The minimum absolute atomic E-state index is 0.129. The van der Waals surface area contributed by atoms with Crippen molar-refractivity contribution in [2.24, 2.45) is 17.3 Å². The smallest absolute Gasteiger partial charge is 0.103 e. The van der Waals surface area contributed by atoms with Gasteiger partial charge >= 0.3 is 0 Å². The molecule has 0 amide bonds. The van der Waals surface area contributed by atoms with Crippen molar-refractivity contribution < 1.29 is 4.74 Å². The van der Waals surface area contributed by atoms with Crippen LogP contribution in [0.1, 0.15) is 107 Å². The average Bonchev–Trinajstić information content (AvgIpc) is 3.18. The molecule has 2 unspecified atom stereocenters. The Morgan fingerprint density at radius 3 is 2.41 bits per heavy atom. The monoisotopic (exact) mass is 374 g/mol. The highest BCUT2D eigenvalue weighted by molar-refractivity contribution is 5.16. The van der Waals surface area contributed by atoms with Crippen molar-refractivity contribution in [3.63, 3.8) is 0 Å². The summed E-state index contributed by atoms with van der Waals surface area (Å²) in [4.78, 5) is 0. The lowest BCUT2D eigenvalue weighted by Gasteiger charge is -2.27. The Kier molecular flexibility index (Phi) is 9.39. The van der Waals surface area contributed by atoms with Crippen molar-refractivity contribution in [3.8, 4) is 0 Å². The van der Waals surface area contributed by atoms with Crippen molar-refractivity contribution in [1.82, 2.24) is 0 Å². The summed E-state index contributed by atoms with van der Waals surface area (Å²) in [7, 11) is 0. The molecule has 1 heteroatoms. The Balaban J connectivity index is 2.21. The molecular formula is C26H46O. The van der Waals surface area contributed by atoms with Crippen LogP contribution in [0.25, 0.3) is 0 Å². The van der Waals surface area contributed by atoms with Crippen LogP contribution in [0.5, 0.6) is 0 Å². The molecule has 1 nitrogen and oxygen atoms in total. The van der Waals surface area contributed by atoms with E-state index in [1.807, 2.05) is 13.0 Å². The SMILES string of the molecule is C=CC(C)=C(C)OC(C)(C)CCC=C(C)CCCC(C)CCC1CC1(C)C. The van der Waals surface area contributed by atoms with Crippen molar-refractivity contribution in [2.75, 3.05) is 0 Å². The third-order valence-corrected chi connectivity index (χ3v) is 6.52. The summed E-state index contributed by atoms with van der Waals surface area (Å²) >= 11 is 0. The van der Waals surface area contributed by atoms with E-state index >= 15 is 0 Å². The quantitative estimate of drug-likeness (QED) is 0.178. The molecule has 156 valence electrons. The van der Waals surface area contributed by atoms with Gasteiger partial charge in [-0.1, -0.05) is 57.9 Å². The highest BCUT2D eigenvalue weighted by atomic mass is 16.5. The summed E-state index contributed by atoms with van der Waals surface area (Å²) in [6.07, 6.45) is 14.7. The van der Waals surface area contributed by atoms with Crippen LogP contribution >= 0.6 is 0 Å². The molecule has 1 aliphatic carbocycles. The predicted octanol–water partition coefficient (Wildman–Crippen LogP) is 8.62. The van der Waals surface area contributed by atoms with Crippen LogP contribution < -0.4 is 0 Å². The molecule has 27 heavy (non-hydrogen) atoms. The Labute approximate surface area is 170 Å². The predicted molar refractivity (Wildman–Crippen MR) is 121 cm³/mol. The van der Waals surface area contributed by atoms with Gasteiger partial charge in [-0.25, -0.2) is 0 Å². The molecule has 0 aromatic heterocycles. The second-order valence-electron chi connectivity index (χ2n) is 10.4. The Morgan fingerprint density at radius 1 is 1.22 bits per heavy atom. The molecule has 0 heterocycles. The Morgan fingerprint density at radius 2 is 1.85 bits per heavy atom. The van der Waals surface area contributed by atoms with Crippen LogP contribution in [0.4, 0.5) is 0 Å². The van der Waals surface area contributed by atoms with E-state index in [-0.39, 0.29) is 5.60 Å². The van der Waals surface area contributed by atoms with Crippen LogP contribution in [0, 0.1) is 17.3 Å². The lowest BCUT2D eigenvalue weighted by atomic mass is 9.94. The molecule has 0 radical (unpaired) electrons. The second kappa shape index (κ2) is 10.5. The molecule has 0 saturated heterocycles. The maximum absolute atomic E-state index is 6.13. The topological polar surface area (TPSA) is 9.23 Å². The minimum atomic E-state index is -0.129. The first-order valence-corrected chi connectivity index (χ1v) is 11.1. The molecule has 1 saturated carbocycles. The van der Waals surface area contributed by atoms with E-state index in [0.717, 1.165) is 36.0 Å². The minimum Gasteiger partial charge on any atom is -0.492 e. The summed E-state index contributed by atoms with van der Waals surface area (Å²) in [5, 5.41) is 0. The fourth-order valence-electron chi connectivity index (χ4n) is 3.89. The first kappa shape index (κ1) is 24.1. The molecule has 2 atom stereocenters. The van der Waals surface area contributed by atoms with Gasteiger partial charge in [-0.3, -0.25) is 0 Å². The van der Waals surface area contributed by atoms with E-state index in [1.165, 1.54) is 44.1 Å². The van der Waals surface area contributed by atoms with Crippen LogP contribution in [0.15, 0.2) is 35.6 Å². The molecule has 0 bridgehead atoms. The molecule has 0 aromatic rings. The largest absolute Gasteiger partial charge is 0.492 e. The standard InChI is InChI=1S/C26H46O/c1-10-22(4)23(5)27-26(8,9)18-12-15-20(2)13-11-14-21(3)16-17-24-19-25(24,6)7/h10,15,21,24H,1,11-14,16-19H2,2-9H3. The van der Waals surface area contributed by atoms with Gasteiger partial charge in [0.2, 0.25) is 0 Å². The fraction of sp³-hybridized carbons (Fsp3) is 0.769. The average molecular weight is 375 g/mol. The van der Waals surface area contributed by atoms with Crippen LogP contribution in [-0.2, 0) is 4.74 Å². The first-order chi connectivity index (χ1) is 12.5. The van der Waals surface area contributed by atoms with Gasteiger partial charge in [0.15, 0.2) is 0 Å². The second-order valence-corrected chi connectivity index (χ2v) is 10.4. The lowest BCUT2D eigenvalue weighted by molar-refractivity contribution is 0.0279. The molecular weight excluding hydrogens is 328 g/mol. The molecule has 0 N–H and O–H groups in total. The zero-order valence-electron chi connectivity index (χ0n) is 19.6. The van der Waals surface area contributed by atoms with Crippen molar-refractivity contribution in [1.29, 1.82) is 0 Å². The number of rotatable bonds is 13. The number of hydrogen-bond acceptors (Lipinski definition) is 1. The molecule has 0 spiro atoms. The normalized spacial score (nSPS) is 21.5. The first-order valence-electron chi connectivity index (χ1n) is 11.1. The number of allylic oxidation sites excluding steroid dienone is 5. The van der Waals surface area contributed by atoms with Gasteiger partial charge < -0.3 is 4.74 Å². The maximum atomic E-state index is 6.13. The van der Waals surface area contributed by atoms with Gasteiger partial charge in [0, 0.05) is 0 Å². The van der Waals surface area contributed by atoms with Gasteiger partial charge in [0.05, 0.1) is 5.76 Å². The van der Waals surface area contributed by atoms with Gasteiger partial charge in [0.25, 0.3) is 0 Å². The fourth-order valence-corrected chi connectivity index (χ4v) is 3.89. The zero-order valence-corrected chi connectivity index (χ0v) is 19.6. The summed E-state index contributed by atoms with van der Waals surface area (Å²) in [5.74, 6) is 2.87. The lowest BCUT2D eigenvalue weighted by Crippen LogP contribution is -2.23. The zero-order chi connectivity index (χ0) is 20.7. The maximum Gasteiger partial charge on any atom is 0.103 e. The Hall–Kier alpha value is -0.980. The third-order valence-electron chi connectivity index (χ3n) is 6.52. The van der Waals surface area contributed by atoms with Gasteiger partial charge in [-0.15, -0.1) is 0 Å². The molecule has 1 fully saturated rings. The van der Waals surface area contributed by atoms with E-state index in [2.05, 4.69) is 61.1 Å². The van der Waals surface area contributed by atoms with Crippen molar-refractivity contribution in [3.05, 3.63) is 35.6 Å². The van der Waals surface area contributed by atoms with Gasteiger partial charge in [-0.2, -0.15) is 0 Å². The van der Waals surface area contributed by atoms with Crippen molar-refractivity contribution in [2.45, 2.75) is 112 Å². The van der Waals surface area contributed by atoms with E-state index in [1.54, 1.807) is 0 Å². The van der Waals surface area contributed by atoms with Gasteiger partial charge in [0.1, 0.15) is 5.60 Å². The molecule has 0 aromatic carbocycles. The molecule has 1 rings (SSSR count). The van der Waals surface area contributed by atoms with Crippen molar-refractivity contribution >= 4 is 0 Å². The van der Waals surface area contributed by atoms with Gasteiger partial charge in [-0.05, 0) is 96.0 Å². The summed E-state index contributed by atoms with van der Waals surface area (Å²) in [5.41, 5.74) is 3.18. The summed E-state index contributed by atoms with van der Waals surface area (Å²) in [6.45, 7) is 21.8. The third kappa shape index (κ3) is 9.67. The molecule has 1 aliphatic rings. The highest BCUT2D eigenvalue weighted by Gasteiger charge is 2.44. The number of ether oxygens (including phenoxy) is 1. The highest BCUT2D eigenvalue weighted by Crippen LogP contribution is 2.54. The van der Waals surface area contributed by atoms with E-state index in [0.29, 0.717) is 5.41 Å². The van der Waals surface area contributed by atoms with Crippen LogP contribution in [0.2, 0.25) is 0 Å². The summed E-state index contributed by atoms with van der Waals surface area (Å²) in [6, 6.07) is 0. The van der Waals surface area contributed by atoms with Crippen LogP contribution in [0.3, 0.4) is 0 Å². The molecule has 0 aliphatic heterocycles. The Bertz CT molecular complexity index is 532. The van der Waals surface area contributed by atoms with Crippen LogP contribution in [-0.4, -0.2) is 5.60 Å². The number of hydrogen-bond donors (Lipinski definition) is 0. The van der Waals surface area contributed by atoms with E-state index in [9.17, 15) is 0 Å². The van der Waals surface area contributed by atoms with E-state index in [4.69, 9.17) is 4.74 Å².